The molecular formula is C76H86F2N6O10. The summed E-state index contributed by atoms with van der Waals surface area (Å²) in [5.74, 6) is -5.87. The molecule has 2 aliphatic heterocycles. The number of anilines is 2. The summed E-state index contributed by atoms with van der Waals surface area (Å²) >= 11 is 0. The Morgan fingerprint density at radius 3 is 1.47 bits per heavy atom. The second kappa shape index (κ2) is 38.3. The molecule has 2 atom stereocenters. The molecule has 2 unspecified atom stereocenters. The van der Waals surface area contributed by atoms with Crippen molar-refractivity contribution in [2.45, 2.75) is 79.2 Å². The van der Waals surface area contributed by atoms with E-state index < -0.39 is 41.2 Å². The fourth-order valence-corrected chi connectivity index (χ4v) is 10.8. The number of carboxylic acids is 1. The van der Waals surface area contributed by atoms with Crippen LogP contribution in [-0.4, -0.2) is 115 Å². The molecule has 7 aromatic carbocycles. The number of aromatic nitrogens is 1. The lowest BCUT2D eigenvalue weighted by atomic mass is 9.75. The molecule has 2 aliphatic rings. The fraction of sp³-hybridized carbons (Fsp3) is 0.303. The number of para-hydroxylation sites is 2. The van der Waals surface area contributed by atoms with Crippen LogP contribution in [0.2, 0.25) is 0 Å². The Bertz CT molecular complexity index is 3660. The van der Waals surface area contributed by atoms with Gasteiger partial charge in [-0.25, -0.2) is 8.78 Å². The lowest BCUT2D eigenvalue weighted by Crippen LogP contribution is -2.53. The Hall–Kier alpha value is -9.75. The number of ether oxygens (including phenoxy) is 2. The van der Waals surface area contributed by atoms with Gasteiger partial charge in [-0.15, -0.1) is 0 Å². The first-order valence-electron chi connectivity index (χ1n) is 31.9. The number of aliphatic carboxylic acids is 1. The van der Waals surface area contributed by atoms with Gasteiger partial charge in [-0.2, -0.15) is 0 Å². The quantitative estimate of drug-likeness (QED) is 0.0483. The Balaban J connectivity index is 0.000000226. The number of hydrogen-bond acceptors (Lipinski definition) is 10. The lowest BCUT2D eigenvalue weighted by molar-refractivity contribution is -0.366. The number of hydrogen-bond donors (Lipinski definition) is 3. The van der Waals surface area contributed by atoms with Crippen LogP contribution in [0, 0.1) is 23.5 Å². The van der Waals surface area contributed by atoms with Crippen LogP contribution in [0.5, 0.6) is 0 Å². The van der Waals surface area contributed by atoms with E-state index in [2.05, 4.69) is 34.8 Å². The number of Topliss-reactive ketones (excluding diaryl/α,β-unsaturated/α-hetero) is 2. The molecule has 2 fully saturated rings. The minimum atomic E-state index is -1.24. The van der Waals surface area contributed by atoms with Crippen molar-refractivity contribution in [2.75, 3.05) is 69.8 Å². The van der Waals surface area contributed by atoms with Crippen LogP contribution < -0.4 is 21.5 Å². The summed E-state index contributed by atoms with van der Waals surface area (Å²) < 4.78 is 40.1. The van der Waals surface area contributed by atoms with E-state index >= 15 is 0 Å². The number of nitrogens with one attached hydrogen (secondary N) is 2. The summed E-state index contributed by atoms with van der Waals surface area (Å²) in [4.78, 5) is 92.3. The lowest BCUT2D eigenvalue weighted by Gasteiger charge is -2.27. The predicted octanol–water partition coefficient (Wildman–Crippen LogP) is 11.3. The Morgan fingerprint density at radius 1 is 0.553 bits per heavy atom. The molecule has 5 N–H and O–H groups in total. The molecule has 16 nitrogen and oxygen atoms in total. The molecule has 94 heavy (non-hydrogen) atoms. The highest BCUT2D eigenvalue weighted by Gasteiger charge is 2.41. The van der Waals surface area contributed by atoms with Crippen molar-refractivity contribution in [1.29, 1.82) is 0 Å². The normalized spacial score (nSPS) is 13.1. The van der Waals surface area contributed by atoms with Crippen molar-refractivity contribution in [3.8, 4) is 22.4 Å². The van der Waals surface area contributed by atoms with Gasteiger partial charge in [-0.1, -0.05) is 169 Å². The van der Waals surface area contributed by atoms with E-state index in [9.17, 15) is 47.4 Å². The third-order valence-electron chi connectivity index (χ3n) is 15.3. The summed E-state index contributed by atoms with van der Waals surface area (Å²) in [6.07, 6.45) is 0.845. The maximum atomic E-state index is 14.1. The molecule has 10 rings (SSSR count). The van der Waals surface area contributed by atoms with Crippen LogP contribution in [-0.2, 0) is 46.4 Å². The van der Waals surface area contributed by atoms with Crippen molar-refractivity contribution >= 4 is 52.5 Å². The molecule has 3 heterocycles. The van der Waals surface area contributed by atoms with E-state index in [4.69, 9.17) is 9.47 Å². The van der Waals surface area contributed by atoms with Crippen LogP contribution in [0.15, 0.2) is 200 Å². The number of carboxylic acid groups (broad SMARTS) is 1. The van der Waals surface area contributed by atoms with Gasteiger partial charge in [-0.3, -0.25) is 28.8 Å². The number of carbonyl (C=O) groups is 7. The standard InChI is InChI=1S/C33H34FN3O3.C26H24FNO3.C8H8O2.C7H14N2O2.C2H6/c1-23(2)31-30(33(39)35-27-11-7-4-8-12-27)29(24-9-5-3-6-10-24)32(25-13-15-26(34)16-14-25)37(31)18-17-28(38)36-19-21-40-22-20-36;1-17(2)24(29)23(26(31)28-21-11-7-4-8-12-21)22(18-9-5-3-6-10-18)25(30)19-13-15-20(27)16-14-19;9-8(10)6-7-4-2-1-3-5-7;8-2-1-7(10)9-3-5-11-6-4-9;1-2/h3-16,23H,17-22H2,1-2H3,(H,35,39);3-17,22-23H,1-2H3,(H,28,31);1-5H,6H2,(H,9,10);1-6,8H2;1-2H3. The molecule has 0 aliphatic carbocycles. The van der Waals surface area contributed by atoms with Crippen LogP contribution in [0.25, 0.3) is 22.4 Å². The van der Waals surface area contributed by atoms with Crippen LogP contribution in [0.3, 0.4) is 0 Å². The average molecular weight is 1280 g/mol. The van der Waals surface area contributed by atoms with E-state index in [1.54, 1.807) is 105 Å². The molecule has 0 bridgehead atoms. The van der Waals surface area contributed by atoms with Crippen LogP contribution in [0.1, 0.15) is 104 Å². The largest absolute Gasteiger partial charge is 0.550 e. The van der Waals surface area contributed by atoms with E-state index in [0.29, 0.717) is 81.5 Å². The van der Waals surface area contributed by atoms with Gasteiger partial charge in [0.2, 0.25) is 17.7 Å². The number of nitrogens with zero attached hydrogens (tertiary/aromatic N) is 3. The third-order valence-corrected chi connectivity index (χ3v) is 15.3. The van der Waals surface area contributed by atoms with Gasteiger partial charge in [0, 0.05) is 85.6 Å². The molecule has 494 valence electrons. The van der Waals surface area contributed by atoms with Crippen molar-refractivity contribution in [3.63, 3.8) is 0 Å². The number of carbonyl (C=O) groups excluding carboxylic acids is 7. The van der Waals surface area contributed by atoms with Gasteiger partial charge < -0.3 is 50.1 Å². The van der Waals surface area contributed by atoms with Crippen molar-refractivity contribution in [1.82, 2.24) is 14.4 Å². The number of halogens is 2. The molecular weight excluding hydrogens is 1190 g/mol. The smallest absolute Gasteiger partial charge is 0.258 e. The zero-order valence-corrected chi connectivity index (χ0v) is 54.4. The molecule has 8 aromatic rings. The predicted molar refractivity (Wildman–Crippen MR) is 360 cm³/mol. The Labute approximate surface area is 550 Å². The summed E-state index contributed by atoms with van der Waals surface area (Å²) in [7, 11) is 0. The number of benzene rings is 7. The molecule has 0 radical (unpaired) electrons. The van der Waals surface area contributed by atoms with Gasteiger partial charge in [0.05, 0.1) is 56.6 Å². The minimum absolute atomic E-state index is 0.000833. The van der Waals surface area contributed by atoms with E-state index in [0.717, 1.165) is 46.7 Å². The zero-order chi connectivity index (χ0) is 67.9. The van der Waals surface area contributed by atoms with E-state index in [1.165, 1.54) is 36.4 Å². The van der Waals surface area contributed by atoms with Crippen LogP contribution >= 0.6 is 0 Å². The van der Waals surface area contributed by atoms with Crippen molar-refractivity contribution in [3.05, 3.63) is 240 Å². The summed E-state index contributed by atoms with van der Waals surface area (Å²) in [5, 5.41) is 15.9. The third kappa shape index (κ3) is 21.7. The number of quaternary nitrogens is 1. The first-order valence-corrected chi connectivity index (χ1v) is 31.9. The molecule has 4 amide bonds. The average Bonchev–Trinajstić information content (AvgIpc) is 1.58. The van der Waals surface area contributed by atoms with Crippen molar-refractivity contribution in [2.24, 2.45) is 11.8 Å². The highest BCUT2D eigenvalue weighted by Crippen LogP contribution is 2.43. The highest BCUT2D eigenvalue weighted by molar-refractivity contribution is 6.15. The second-order valence-electron chi connectivity index (χ2n) is 22.5. The molecule has 0 spiro atoms. The molecule has 1 aromatic heterocycles. The number of amides is 4. The Morgan fingerprint density at radius 2 is 1.00 bits per heavy atom. The van der Waals surface area contributed by atoms with Gasteiger partial charge in [0.25, 0.3) is 5.91 Å². The molecule has 0 saturated carbocycles. The van der Waals surface area contributed by atoms with Gasteiger partial charge in [-0.05, 0) is 101 Å². The molecule has 2 saturated heterocycles. The summed E-state index contributed by atoms with van der Waals surface area (Å²) in [6.45, 7) is 17.7. The minimum Gasteiger partial charge on any atom is -0.550 e. The highest BCUT2D eigenvalue weighted by atomic mass is 19.1. The first kappa shape index (κ1) is 73.3. The summed E-state index contributed by atoms with van der Waals surface area (Å²) in [5.41, 5.74) is 11.1. The maximum Gasteiger partial charge on any atom is 0.258 e. The number of rotatable bonds is 20. The van der Waals surface area contributed by atoms with Crippen molar-refractivity contribution < 1.29 is 62.7 Å². The first-order chi connectivity index (χ1) is 45.4. The van der Waals surface area contributed by atoms with Gasteiger partial charge in [0.15, 0.2) is 5.78 Å². The number of morpholine rings is 2. The van der Waals surface area contributed by atoms with Gasteiger partial charge in [0.1, 0.15) is 23.3 Å². The Kier molecular flexibility index (Phi) is 29.9. The SMILES string of the molecule is CC.CC(C)C(=O)C(C(=O)Nc1ccccc1)C(C(=O)c1ccc(F)cc1)c1ccccc1.CC(C)c1c(C(=O)Nc2ccccc2)c(-c2ccccc2)c(-c2ccc(F)cc2)n1CCC(=O)N1CCOCC1.O=C([O-])Cc1ccccc1.[NH3+]CCC(=O)N1CCOCC1. The molecule has 18 heteroatoms. The fourth-order valence-electron chi connectivity index (χ4n) is 10.8. The number of ketones is 2. The van der Waals surface area contributed by atoms with E-state index in [-0.39, 0.29) is 53.6 Å². The maximum absolute atomic E-state index is 14.1. The van der Waals surface area contributed by atoms with Crippen LogP contribution in [0.4, 0.5) is 20.2 Å². The topological polar surface area (TPSA) is 224 Å². The van der Waals surface area contributed by atoms with Gasteiger partial charge >= 0.3 is 0 Å². The summed E-state index contributed by atoms with van der Waals surface area (Å²) in [6, 6.07) is 57.1. The van der Waals surface area contributed by atoms with E-state index in [1.807, 2.05) is 96.4 Å². The monoisotopic (exact) mass is 1280 g/mol. The second-order valence-corrected chi connectivity index (χ2v) is 22.5. The zero-order valence-electron chi connectivity index (χ0n) is 54.4.